The Balaban J connectivity index is 1.56. The van der Waals surface area contributed by atoms with Gasteiger partial charge in [-0.3, -0.25) is 9.89 Å². The molecule has 0 saturated carbocycles. The Bertz CT molecular complexity index is 778. The highest BCUT2D eigenvalue weighted by atomic mass is 16.1. The summed E-state index contributed by atoms with van der Waals surface area (Å²) in [4.78, 5) is 16.4. The van der Waals surface area contributed by atoms with E-state index in [1.165, 1.54) is 5.56 Å². The molecule has 1 heterocycles. The molecule has 0 bridgehead atoms. The average Bonchev–Trinajstić information content (AvgIpc) is 3.04. The van der Waals surface area contributed by atoms with E-state index < -0.39 is 0 Å². The fourth-order valence-electron chi connectivity index (χ4n) is 2.21. The van der Waals surface area contributed by atoms with E-state index in [9.17, 15) is 4.79 Å². The normalized spacial score (nSPS) is 10.5. The number of hydrogen-bond donors (Lipinski definition) is 2. The van der Waals surface area contributed by atoms with E-state index in [0.29, 0.717) is 18.2 Å². The molecular weight excluding hydrogens is 288 g/mol. The summed E-state index contributed by atoms with van der Waals surface area (Å²) in [5.74, 6) is 1.08. The summed E-state index contributed by atoms with van der Waals surface area (Å²) in [6.45, 7) is 2.55. The first-order chi connectivity index (χ1) is 11.2. The van der Waals surface area contributed by atoms with Crippen molar-refractivity contribution in [2.75, 3.05) is 0 Å². The number of aryl methyl sites for hydroxylation is 1. The predicted octanol–water partition coefficient (Wildman–Crippen LogP) is 2.64. The minimum Gasteiger partial charge on any atom is -0.352 e. The monoisotopic (exact) mass is 306 g/mol. The van der Waals surface area contributed by atoms with Crippen molar-refractivity contribution in [3.8, 4) is 11.4 Å². The molecule has 0 saturated heterocycles. The number of amides is 1. The van der Waals surface area contributed by atoms with Gasteiger partial charge in [-0.15, -0.1) is 0 Å². The summed E-state index contributed by atoms with van der Waals surface area (Å²) in [6.07, 6.45) is 0.186. The largest absolute Gasteiger partial charge is 0.352 e. The lowest BCUT2D eigenvalue weighted by molar-refractivity contribution is -0.120. The summed E-state index contributed by atoms with van der Waals surface area (Å²) in [6, 6.07) is 17.8. The van der Waals surface area contributed by atoms with Crippen LogP contribution in [0.3, 0.4) is 0 Å². The van der Waals surface area contributed by atoms with E-state index in [4.69, 9.17) is 0 Å². The number of nitrogens with one attached hydrogen (secondary N) is 2. The quantitative estimate of drug-likeness (QED) is 0.761. The number of carbonyl (C=O) groups is 1. The molecule has 5 heteroatoms. The summed E-state index contributed by atoms with van der Waals surface area (Å²) < 4.78 is 0. The van der Waals surface area contributed by atoms with Crippen molar-refractivity contribution in [2.45, 2.75) is 19.9 Å². The third-order valence-electron chi connectivity index (χ3n) is 3.50. The van der Waals surface area contributed by atoms with Gasteiger partial charge in [0, 0.05) is 12.1 Å². The molecule has 3 aromatic rings. The lowest BCUT2D eigenvalue weighted by Gasteiger charge is -2.04. The Kier molecular flexibility index (Phi) is 4.47. The van der Waals surface area contributed by atoms with Gasteiger partial charge in [-0.05, 0) is 12.5 Å². The van der Waals surface area contributed by atoms with Crippen LogP contribution in [0, 0.1) is 6.92 Å². The molecule has 0 radical (unpaired) electrons. The van der Waals surface area contributed by atoms with Crippen molar-refractivity contribution < 1.29 is 4.79 Å². The third-order valence-corrected chi connectivity index (χ3v) is 3.50. The third kappa shape index (κ3) is 4.03. The minimum atomic E-state index is -0.0821. The van der Waals surface area contributed by atoms with Crippen molar-refractivity contribution in [2.24, 2.45) is 0 Å². The molecule has 0 aliphatic carbocycles. The Labute approximate surface area is 134 Å². The molecule has 0 fully saturated rings. The SMILES string of the molecule is Cc1ccc(CNC(=O)Cc2nc(-c3ccccc3)n[nH]2)cc1. The van der Waals surface area contributed by atoms with Crippen LogP contribution in [0.4, 0.5) is 0 Å². The second kappa shape index (κ2) is 6.87. The molecule has 0 atom stereocenters. The average molecular weight is 306 g/mol. The van der Waals surface area contributed by atoms with Gasteiger partial charge in [-0.25, -0.2) is 4.98 Å². The molecule has 3 rings (SSSR count). The van der Waals surface area contributed by atoms with Gasteiger partial charge in [-0.2, -0.15) is 5.10 Å². The highest BCUT2D eigenvalue weighted by Gasteiger charge is 2.09. The van der Waals surface area contributed by atoms with Gasteiger partial charge in [0.25, 0.3) is 0 Å². The van der Waals surface area contributed by atoms with Crippen LogP contribution < -0.4 is 5.32 Å². The molecule has 5 nitrogen and oxygen atoms in total. The number of hydrogen-bond acceptors (Lipinski definition) is 3. The van der Waals surface area contributed by atoms with Crippen LogP contribution in [0.15, 0.2) is 54.6 Å². The number of aromatic amines is 1. The highest BCUT2D eigenvalue weighted by Crippen LogP contribution is 2.13. The van der Waals surface area contributed by atoms with Crippen LogP contribution in [-0.2, 0) is 17.8 Å². The molecule has 0 unspecified atom stereocenters. The lowest BCUT2D eigenvalue weighted by Crippen LogP contribution is -2.25. The molecule has 0 spiro atoms. The summed E-state index contributed by atoms with van der Waals surface area (Å²) >= 11 is 0. The maximum atomic E-state index is 12.0. The molecule has 1 amide bonds. The van der Waals surface area contributed by atoms with E-state index >= 15 is 0 Å². The standard InChI is InChI=1S/C18H18N4O/c1-13-7-9-14(10-8-13)12-19-17(23)11-16-20-18(22-21-16)15-5-3-2-4-6-15/h2-10H,11-12H2,1H3,(H,19,23)(H,20,21,22). The van der Waals surface area contributed by atoms with Gasteiger partial charge in [-0.1, -0.05) is 60.2 Å². The number of H-pyrrole nitrogens is 1. The van der Waals surface area contributed by atoms with Crippen LogP contribution in [-0.4, -0.2) is 21.1 Å². The summed E-state index contributed by atoms with van der Waals surface area (Å²) in [7, 11) is 0. The van der Waals surface area contributed by atoms with Crippen LogP contribution >= 0.6 is 0 Å². The number of rotatable bonds is 5. The van der Waals surface area contributed by atoms with E-state index in [0.717, 1.165) is 11.1 Å². The summed E-state index contributed by atoms with van der Waals surface area (Å²) in [5, 5.41) is 9.86. The molecule has 0 aliphatic rings. The Morgan fingerprint density at radius 3 is 2.57 bits per heavy atom. The second-order valence-corrected chi connectivity index (χ2v) is 5.41. The van der Waals surface area contributed by atoms with Crippen LogP contribution in [0.25, 0.3) is 11.4 Å². The number of benzene rings is 2. The highest BCUT2D eigenvalue weighted by molar-refractivity contribution is 5.77. The predicted molar refractivity (Wildman–Crippen MR) is 88.5 cm³/mol. The van der Waals surface area contributed by atoms with E-state index in [1.54, 1.807) is 0 Å². The van der Waals surface area contributed by atoms with Crippen molar-refractivity contribution in [3.63, 3.8) is 0 Å². The molecule has 2 N–H and O–H groups in total. The Hall–Kier alpha value is -2.95. The molecular formula is C18H18N4O. The number of aromatic nitrogens is 3. The fraction of sp³-hybridized carbons (Fsp3) is 0.167. The van der Waals surface area contributed by atoms with Crippen molar-refractivity contribution >= 4 is 5.91 Å². The van der Waals surface area contributed by atoms with Crippen LogP contribution in [0.5, 0.6) is 0 Å². The zero-order valence-corrected chi connectivity index (χ0v) is 12.9. The van der Waals surface area contributed by atoms with Crippen LogP contribution in [0.1, 0.15) is 17.0 Å². The minimum absolute atomic E-state index is 0.0821. The first-order valence-corrected chi connectivity index (χ1v) is 7.49. The molecule has 1 aromatic heterocycles. The van der Waals surface area contributed by atoms with Gasteiger partial charge in [0.15, 0.2) is 5.82 Å². The fourth-order valence-corrected chi connectivity index (χ4v) is 2.21. The molecule has 2 aromatic carbocycles. The first-order valence-electron chi connectivity index (χ1n) is 7.49. The zero-order chi connectivity index (χ0) is 16.1. The van der Waals surface area contributed by atoms with Crippen LogP contribution in [0.2, 0.25) is 0 Å². The Morgan fingerprint density at radius 2 is 1.83 bits per heavy atom. The van der Waals surface area contributed by atoms with Crippen molar-refractivity contribution in [1.29, 1.82) is 0 Å². The number of carbonyl (C=O) groups excluding carboxylic acids is 1. The maximum absolute atomic E-state index is 12.0. The molecule has 116 valence electrons. The van der Waals surface area contributed by atoms with Crippen molar-refractivity contribution in [3.05, 3.63) is 71.5 Å². The van der Waals surface area contributed by atoms with Gasteiger partial charge >= 0.3 is 0 Å². The topological polar surface area (TPSA) is 70.7 Å². The lowest BCUT2D eigenvalue weighted by atomic mass is 10.1. The molecule has 0 aliphatic heterocycles. The van der Waals surface area contributed by atoms with E-state index in [2.05, 4.69) is 20.5 Å². The maximum Gasteiger partial charge on any atom is 0.227 e. The van der Waals surface area contributed by atoms with Gasteiger partial charge in [0.05, 0.1) is 6.42 Å². The van der Waals surface area contributed by atoms with Gasteiger partial charge in [0.2, 0.25) is 5.91 Å². The second-order valence-electron chi connectivity index (χ2n) is 5.41. The summed E-state index contributed by atoms with van der Waals surface area (Å²) in [5.41, 5.74) is 3.21. The number of nitrogens with zero attached hydrogens (tertiary/aromatic N) is 2. The van der Waals surface area contributed by atoms with Crippen molar-refractivity contribution in [1.82, 2.24) is 20.5 Å². The Morgan fingerprint density at radius 1 is 1.09 bits per heavy atom. The van der Waals surface area contributed by atoms with E-state index in [1.807, 2.05) is 61.5 Å². The van der Waals surface area contributed by atoms with Gasteiger partial charge in [0.1, 0.15) is 5.82 Å². The van der Waals surface area contributed by atoms with E-state index in [-0.39, 0.29) is 12.3 Å². The smallest absolute Gasteiger partial charge is 0.227 e. The zero-order valence-electron chi connectivity index (χ0n) is 12.9. The first kappa shape index (κ1) is 15.0. The van der Waals surface area contributed by atoms with Gasteiger partial charge < -0.3 is 5.32 Å². The molecule has 23 heavy (non-hydrogen) atoms.